The molecule has 0 bridgehead atoms. The summed E-state index contributed by atoms with van der Waals surface area (Å²) in [4.78, 5) is 22.7. The molecule has 90 valence electrons. The van der Waals surface area contributed by atoms with Crippen molar-refractivity contribution < 1.29 is 14.7 Å². The maximum atomic E-state index is 11.8. The fourth-order valence-corrected chi connectivity index (χ4v) is 2.39. The molecule has 2 atom stereocenters. The average molecular weight is 232 g/mol. The van der Waals surface area contributed by atoms with Crippen LogP contribution in [0.15, 0.2) is 18.2 Å². The Labute approximate surface area is 100 Å². The highest BCUT2D eigenvalue weighted by Crippen LogP contribution is 2.36. The van der Waals surface area contributed by atoms with Gasteiger partial charge in [0.15, 0.2) is 5.78 Å². The number of ketones is 1. The van der Waals surface area contributed by atoms with Crippen LogP contribution in [-0.2, 0) is 4.79 Å². The van der Waals surface area contributed by atoms with Crippen molar-refractivity contribution in [1.82, 2.24) is 0 Å². The molecular formula is C14H16O3. The molecule has 2 unspecified atom stereocenters. The van der Waals surface area contributed by atoms with Gasteiger partial charge < -0.3 is 5.11 Å². The van der Waals surface area contributed by atoms with E-state index in [4.69, 9.17) is 5.11 Å². The second-order valence-corrected chi connectivity index (χ2v) is 4.64. The SMILES string of the molecule is CCC1CC(=O)c2cc(C(C)C(=O)O)ccc21. The number of carboxylic acids is 1. The van der Waals surface area contributed by atoms with Gasteiger partial charge in [-0.25, -0.2) is 0 Å². The minimum atomic E-state index is -0.859. The van der Waals surface area contributed by atoms with Gasteiger partial charge in [-0.2, -0.15) is 0 Å². The first-order chi connectivity index (χ1) is 8.04. The van der Waals surface area contributed by atoms with Crippen molar-refractivity contribution in [3.63, 3.8) is 0 Å². The van der Waals surface area contributed by atoms with Crippen molar-refractivity contribution in [1.29, 1.82) is 0 Å². The number of Topliss-reactive ketones (excluding diaryl/α,β-unsaturated/α-hetero) is 1. The number of fused-ring (bicyclic) bond motifs is 1. The highest BCUT2D eigenvalue weighted by Gasteiger charge is 2.29. The molecule has 3 nitrogen and oxygen atoms in total. The number of carbonyl (C=O) groups excluding carboxylic acids is 1. The summed E-state index contributed by atoms with van der Waals surface area (Å²) in [5.41, 5.74) is 2.52. The Kier molecular flexibility index (Phi) is 3.01. The molecule has 0 saturated carbocycles. The number of benzene rings is 1. The zero-order valence-corrected chi connectivity index (χ0v) is 10.1. The largest absolute Gasteiger partial charge is 0.481 e. The van der Waals surface area contributed by atoms with E-state index in [0.717, 1.165) is 17.5 Å². The molecule has 1 N–H and O–H groups in total. The van der Waals surface area contributed by atoms with Crippen molar-refractivity contribution in [3.8, 4) is 0 Å². The van der Waals surface area contributed by atoms with Crippen LogP contribution in [0.4, 0.5) is 0 Å². The highest BCUT2D eigenvalue weighted by molar-refractivity contribution is 6.01. The molecule has 0 fully saturated rings. The zero-order valence-electron chi connectivity index (χ0n) is 10.1. The molecule has 1 aliphatic rings. The third-order valence-electron chi connectivity index (χ3n) is 3.61. The molecular weight excluding hydrogens is 216 g/mol. The lowest BCUT2D eigenvalue weighted by atomic mass is 9.94. The summed E-state index contributed by atoms with van der Waals surface area (Å²) < 4.78 is 0. The van der Waals surface area contributed by atoms with Crippen LogP contribution in [0.3, 0.4) is 0 Å². The third-order valence-corrected chi connectivity index (χ3v) is 3.61. The number of hydrogen-bond acceptors (Lipinski definition) is 2. The Morgan fingerprint density at radius 1 is 1.53 bits per heavy atom. The second-order valence-electron chi connectivity index (χ2n) is 4.64. The van der Waals surface area contributed by atoms with E-state index in [1.807, 2.05) is 12.1 Å². The summed E-state index contributed by atoms with van der Waals surface area (Å²) in [6.07, 6.45) is 1.52. The van der Waals surface area contributed by atoms with Gasteiger partial charge in [0.05, 0.1) is 5.92 Å². The molecule has 0 aromatic heterocycles. The van der Waals surface area contributed by atoms with Gasteiger partial charge in [0.1, 0.15) is 0 Å². The van der Waals surface area contributed by atoms with Gasteiger partial charge in [-0.05, 0) is 36.5 Å². The number of carbonyl (C=O) groups is 2. The predicted octanol–water partition coefficient (Wildman–Crippen LogP) is 2.95. The lowest BCUT2D eigenvalue weighted by Gasteiger charge is -2.10. The van der Waals surface area contributed by atoms with Crippen LogP contribution >= 0.6 is 0 Å². The zero-order chi connectivity index (χ0) is 12.6. The molecule has 0 aliphatic heterocycles. The lowest BCUT2D eigenvalue weighted by molar-refractivity contribution is -0.138. The fourth-order valence-electron chi connectivity index (χ4n) is 2.39. The second kappa shape index (κ2) is 4.32. The predicted molar refractivity (Wildman–Crippen MR) is 64.5 cm³/mol. The molecule has 3 heteroatoms. The maximum Gasteiger partial charge on any atom is 0.310 e. The van der Waals surface area contributed by atoms with Crippen LogP contribution in [0, 0.1) is 0 Å². The first kappa shape index (κ1) is 11.8. The summed E-state index contributed by atoms with van der Waals surface area (Å²) in [6, 6.07) is 5.51. The Bertz CT molecular complexity index is 476. The van der Waals surface area contributed by atoms with Gasteiger partial charge in [0, 0.05) is 12.0 Å². The van der Waals surface area contributed by atoms with E-state index in [1.54, 1.807) is 13.0 Å². The van der Waals surface area contributed by atoms with Gasteiger partial charge in [0.2, 0.25) is 0 Å². The molecule has 2 rings (SSSR count). The Hall–Kier alpha value is -1.64. The Morgan fingerprint density at radius 3 is 2.82 bits per heavy atom. The third kappa shape index (κ3) is 1.97. The van der Waals surface area contributed by atoms with E-state index in [-0.39, 0.29) is 5.78 Å². The molecule has 0 saturated heterocycles. The summed E-state index contributed by atoms with van der Waals surface area (Å²) in [5.74, 6) is -0.964. The van der Waals surface area contributed by atoms with E-state index in [1.165, 1.54) is 0 Å². The number of rotatable bonds is 3. The molecule has 1 aromatic rings. The topological polar surface area (TPSA) is 54.4 Å². The van der Waals surface area contributed by atoms with Crippen LogP contribution in [0.25, 0.3) is 0 Å². The molecule has 1 aliphatic carbocycles. The highest BCUT2D eigenvalue weighted by atomic mass is 16.4. The summed E-state index contributed by atoms with van der Waals surface area (Å²) in [6.45, 7) is 3.71. The quantitative estimate of drug-likeness (QED) is 0.871. The minimum absolute atomic E-state index is 0.145. The summed E-state index contributed by atoms with van der Waals surface area (Å²) >= 11 is 0. The van der Waals surface area contributed by atoms with Crippen LogP contribution in [0.5, 0.6) is 0 Å². The molecule has 0 radical (unpaired) electrons. The molecule has 0 amide bonds. The standard InChI is InChI=1S/C14H16O3/c1-3-9-7-13(15)12-6-10(4-5-11(9)12)8(2)14(16)17/h4-6,8-9H,3,7H2,1-2H3,(H,16,17). The molecule has 1 aromatic carbocycles. The van der Waals surface area contributed by atoms with Gasteiger partial charge in [-0.3, -0.25) is 9.59 Å². The number of carboxylic acid groups (broad SMARTS) is 1. The van der Waals surface area contributed by atoms with Crippen molar-refractivity contribution in [2.75, 3.05) is 0 Å². The minimum Gasteiger partial charge on any atom is -0.481 e. The van der Waals surface area contributed by atoms with Crippen molar-refractivity contribution in [3.05, 3.63) is 34.9 Å². The molecule has 17 heavy (non-hydrogen) atoms. The van der Waals surface area contributed by atoms with Crippen molar-refractivity contribution in [2.45, 2.75) is 38.5 Å². The van der Waals surface area contributed by atoms with Crippen LogP contribution in [0.1, 0.15) is 60.0 Å². The summed E-state index contributed by atoms with van der Waals surface area (Å²) in [7, 11) is 0. The molecule has 0 spiro atoms. The van der Waals surface area contributed by atoms with Crippen LogP contribution in [-0.4, -0.2) is 16.9 Å². The monoisotopic (exact) mass is 232 g/mol. The number of hydrogen-bond donors (Lipinski definition) is 1. The van der Waals surface area contributed by atoms with Gasteiger partial charge >= 0.3 is 5.97 Å². The normalized spacial score (nSPS) is 20.1. The number of aliphatic carboxylic acids is 1. The first-order valence-corrected chi connectivity index (χ1v) is 5.94. The van der Waals surface area contributed by atoms with Gasteiger partial charge in [-0.15, -0.1) is 0 Å². The van der Waals surface area contributed by atoms with Crippen LogP contribution < -0.4 is 0 Å². The van der Waals surface area contributed by atoms with Crippen LogP contribution in [0.2, 0.25) is 0 Å². The van der Waals surface area contributed by atoms with E-state index >= 15 is 0 Å². The van der Waals surface area contributed by atoms with E-state index in [0.29, 0.717) is 17.9 Å². The smallest absolute Gasteiger partial charge is 0.310 e. The van der Waals surface area contributed by atoms with E-state index < -0.39 is 11.9 Å². The molecule has 0 heterocycles. The lowest BCUT2D eigenvalue weighted by Crippen LogP contribution is -2.08. The van der Waals surface area contributed by atoms with E-state index in [2.05, 4.69) is 6.92 Å². The first-order valence-electron chi connectivity index (χ1n) is 5.94. The maximum absolute atomic E-state index is 11.8. The Morgan fingerprint density at radius 2 is 2.24 bits per heavy atom. The van der Waals surface area contributed by atoms with Crippen molar-refractivity contribution in [2.24, 2.45) is 0 Å². The van der Waals surface area contributed by atoms with Gasteiger partial charge in [0.25, 0.3) is 0 Å². The fraction of sp³-hybridized carbons (Fsp3) is 0.429. The Balaban J connectivity index is 2.42. The van der Waals surface area contributed by atoms with E-state index in [9.17, 15) is 9.59 Å². The summed E-state index contributed by atoms with van der Waals surface area (Å²) in [5, 5.41) is 8.96. The van der Waals surface area contributed by atoms with Gasteiger partial charge in [-0.1, -0.05) is 19.1 Å². The average Bonchev–Trinajstić information content (AvgIpc) is 2.64. The van der Waals surface area contributed by atoms with Crippen molar-refractivity contribution >= 4 is 11.8 Å².